The molecular weight excluding hydrogens is 83.5 g/mol. The van der Waals surface area contributed by atoms with Gasteiger partial charge in [0.1, 0.15) is 0 Å². The van der Waals surface area contributed by atoms with Gasteiger partial charge in [-0.25, -0.2) is 0 Å². The van der Waals surface area contributed by atoms with E-state index in [4.69, 9.17) is 11.6 Å². The third-order valence-electron chi connectivity index (χ3n) is 0.735. The molecular formula is C4H5Cl. The van der Waals surface area contributed by atoms with Crippen LogP contribution in [0.5, 0.6) is 0 Å². The fourth-order valence-corrected chi connectivity index (χ4v) is 0.381. The summed E-state index contributed by atoms with van der Waals surface area (Å²) in [6.07, 6.45) is 2.02. The summed E-state index contributed by atoms with van der Waals surface area (Å²) < 4.78 is 0. The molecule has 0 nitrogen and oxygen atoms in total. The van der Waals surface area contributed by atoms with Gasteiger partial charge in [-0.1, -0.05) is 11.6 Å². The minimum absolute atomic E-state index is 0.315. The van der Waals surface area contributed by atoms with Crippen molar-refractivity contribution < 1.29 is 0 Å². The predicted octanol–water partition coefficient (Wildman–Crippen LogP) is 1.55. The fourth-order valence-electron chi connectivity index (χ4n) is 0.183. The molecule has 0 bridgehead atoms. The monoisotopic (exact) mass is 88.0 g/mol. The summed E-state index contributed by atoms with van der Waals surface area (Å²) in [4.78, 5) is 0. The maximum Gasteiger partial charge on any atom is 0.0727 e. The topological polar surface area (TPSA) is 0 Å². The van der Waals surface area contributed by atoms with E-state index in [1.54, 1.807) is 0 Å². The van der Waals surface area contributed by atoms with E-state index >= 15 is 0 Å². The van der Waals surface area contributed by atoms with E-state index in [1.807, 2.05) is 13.0 Å². The van der Waals surface area contributed by atoms with Crippen LogP contribution in [0, 0.1) is 0 Å². The highest BCUT2D eigenvalue weighted by molar-refractivity contribution is 6.26. The second-order valence-corrected chi connectivity index (χ2v) is 1.78. The van der Waals surface area contributed by atoms with Gasteiger partial charge in [-0.05, 0) is 6.92 Å². The molecule has 0 saturated carbocycles. The summed E-state index contributed by atoms with van der Waals surface area (Å²) in [6.45, 7) is 2.03. The molecule has 0 aromatic heterocycles. The van der Waals surface area contributed by atoms with Crippen molar-refractivity contribution >= 4 is 11.6 Å². The zero-order valence-electron chi connectivity index (χ0n) is 3.03. The smallest absolute Gasteiger partial charge is 0.0727 e. The molecule has 0 aromatic carbocycles. The molecule has 0 saturated heterocycles. The van der Waals surface area contributed by atoms with Gasteiger partial charge in [0.05, 0.1) is 5.38 Å². The van der Waals surface area contributed by atoms with E-state index in [1.165, 1.54) is 5.57 Å². The average Bonchev–Trinajstić information content (AvgIpc) is 1.79. The van der Waals surface area contributed by atoms with Crippen LogP contribution in [0.4, 0.5) is 0 Å². The van der Waals surface area contributed by atoms with Gasteiger partial charge >= 0.3 is 0 Å². The molecule has 0 spiro atoms. The number of hydrogen-bond donors (Lipinski definition) is 0. The van der Waals surface area contributed by atoms with Crippen molar-refractivity contribution in [3.05, 3.63) is 11.6 Å². The summed E-state index contributed by atoms with van der Waals surface area (Å²) in [5.41, 5.74) is 1.31. The predicted molar refractivity (Wildman–Crippen MR) is 23.4 cm³/mol. The Bertz CT molecular complexity index is 73.7. The molecule has 0 radical (unpaired) electrons. The Balaban J connectivity index is 2.38. The number of alkyl halides is 1. The highest BCUT2D eigenvalue weighted by atomic mass is 35.5. The first-order valence-corrected chi connectivity index (χ1v) is 2.07. The molecule has 0 amide bonds. The molecule has 0 heterocycles. The number of rotatable bonds is 0. The zero-order chi connectivity index (χ0) is 3.86. The molecule has 0 N–H and O–H groups in total. The van der Waals surface area contributed by atoms with Gasteiger partial charge in [-0.2, -0.15) is 0 Å². The lowest BCUT2D eigenvalue weighted by Gasteiger charge is -1.66. The van der Waals surface area contributed by atoms with Gasteiger partial charge in [0.25, 0.3) is 0 Å². The third kappa shape index (κ3) is 0.457. The standard InChI is InChI=1S/C4H5Cl/c1-3-2-4(3)5/h2,4H,1H3. The SMILES string of the molecule is CC1=CC1Cl. The van der Waals surface area contributed by atoms with Crippen LogP contribution in [0.25, 0.3) is 0 Å². The first-order valence-electron chi connectivity index (χ1n) is 1.63. The minimum atomic E-state index is 0.315. The average molecular weight is 88.5 g/mol. The van der Waals surface area contributed by atoms with Gasteiger partial charge < -0.3 is 0 Å². The van der Waals surface area contributed by atoms with Crippen LogP contribution >= 0.6 is 11.6 Å². The number of hydrogen-bond acceptors (Lipinski definition) is 0. The lowest BCUT2D eigenvalue weighted by atomic mass is 10.6. The van der Waals surface area contributed by atoms with Crippen molar-refractivity contribution in [3.63, 3.8) is 0 Å². The second-order valence-electron chi connectivity index (χ2n) is 1.31. The summed E-state index contributed by atoms with van der Waals surface area (Å²) in [5, 5.41) is 0.315. The first kappa shape index (κ1) is 3.23. The molecule has 1 heteroatoms. The van der Waals surface area contributed by atoms with Crippen LogP contribution in [0.3, 0.4) is 0 Å². The Morgan fingerprint density at radius 3 is 2.20 bits per heavy atom. The van der Waals surface area contributed by atoms with Crippen LogP contribution in [0.1, 0.15) is 6.92 Å². The van der Waals surface area contributed by atoms with Crippen LogP contribution in [-0.2, 0) is 0 Å². The first-order chi connectivity index (χ1) is 2.30. The maximum absolute atomic E-state index is 5.44. The Kier molecular flexibility index (Phi) is 0.483. The van der Waals surface area contributed by atoms with Crippen molar-refractivity contribution in [3.8, 4) is 0 Å². The molecule has 5 heavy (non-hydrogen) atoms. The van der Waals surface area contributed by atoms with Crippen molar-refractivity contribution in [2.45, 2.75) is 12.3 Å². The van der Waals surface area contributed by atoms with Crippen LogP contribution in [-0.4, -0.2) is 5.38 Å². The normalized spacial score (nSPS) is 33.2. The Morgan fingerprint density at radius 1 is 2.00 bits per heavy atom. The van der Waals surface area contributed by atoms with Crippen molar-refractivity contribution in [2.75, 3.05) is 0 Å². The minimum Gasteiger partial charge on any atom is -0.114 e. The van der Waals surface area contributed by atoms with E-state index in [0.717, 1.165) is 0 Å². The third-order valence-corrected chi connectivity index (χ3v) is 1.21. The summed E-state index contributed by atoms with van der Waals surface area (Å²) >= 11 is 5.44. The van der Waals surface area contributed by atoms with Crippen molar-refractivity contribution in [2.24, 2.45) is 0 Å². The van der Waals surface area contributed by atoms with Crippen LogP contribution in [0.15, 0.2) is 11.6 Å². The summed E-state index contributed by atoms with van der Waals surface area (Å²) in [6, 6.07) is 0. The highest BCUT2D eigenvalue weighted by Crippen LogP contribution is 2.24. The maximum atomic E-state index is 5.44. The number of allylic oxidation sites excluding steroid dienone is 2. The fraction of sp³-hybridized carbons (Fsp3) is 0.500. The van der Waals surface area contributed by atoms with E-state index < -0.39 is 0 Å². The summed E-state index contributed by atoms with van der Waals surface area (Å²) in [5.74, 6) is 0. The van der Waals surface area contributed by atoms with E-state index in [-0.39, 0.29) is 0 Å². The lowest BCUT2D eigenvalue weighted by Crippen LogP contribution is -1.60. The molecule has 1 aliphatic carbocycles. The van der Waals surface area contributed by atoms with Gasteiger partial charge in [0.2, 0.25) is 0 Å². The van der Waals surface area contributed by atoms with Crippen molar-refractivity contribution in [1.82, 2.24) is 0 Å². The molecule has 0 fully saturated rings. The molecule has 1 unspecified atom stereocenters. The number of halogens is 1. The quantitative estimate of drug-likeness (QED) is 0.311. The Hall–Kier alpha value is 0.0300. The van der Waals surface area contributed by atoms with Crippen LogP contribution < -0.4 is 0 Å². The molecule has 0 aliphatic heterocycles. The van der Waals surface area contributed by atoms with E-state index in [0.29, 0.717) is 5.38 Å². The zero-order valence-corrected chi connectivity index (χ0v) is 3.79. The van der Waals surface area contributed by atoms with Gasteiger partial charge in [0, 0.05) is 0 Å². The van der Waals surface area contributed by atoms with Crippen LogP contribution in [0.2, 0.25) is 0 Å². The molecule has 1 rings (SSSR count). The van der Waals surface area contributed by atoms with Gasteiger partial charge in [0.15, 0.2) is 0 Å². The molecule has 1 aliphatic rings. The Morgan fingerprint density at radius 2 is 2.20 bits per heavy atom. The molecule has 0 aromatic rings. The molecule has 1 atom stereocenters. The highest BCUT2D eigenvalue weighted by Gasteiger charge is 2.14. The largest absolute Gasteiger partial charge is 0.114 e. The summed E-state index contributed by atoms with van der Waals surface area (Å²) in [7, 11) is 0. The van der Waals surface area contributed by atoms with E-state index in [2.05, 4.69) is 0 Å². The van der Waals surface area contributed by atoms with Gasteiger partial charge in [-0.15, -0.1) is 11.6 Å². The van der Waals surface area contributed by atoms with Gasteiger partial charge in [-0.3, -0.25) is 0 Å². The lowest BCUT2D eigenvalue weighted by molar-refractivity contribution is 1.48. The Labute approximate surface area is 36.4 Å². The van der Waals surface area contributed by atoms with Crippen molar-refractivity contribution in [1.29, 1.82) is 0 Å². The molecule has 28 valence electrons. The van der Waals surface area contributed by atoms with E-state index in [9.17, 15) is 0 Å². The second kappa shape index (κ2) is 0.749.